The van der Waals surface area contributed by atoms with Crippen molar-refractivity contribution in [1.29, 1.82) is 0 Å². The van der Waals surface area contributed by atoms with Crippen molar-refractivity contribution in [3.05, 3.63) is 100 Å². The van der Waals surface area contributed by atoms with Gasteiger partial charge in [0.05, 0.1) is 33.4 Å². The Morgan fingerprint density at radius 1 is 0.365 bits per heavy atom. The highest BCUT2D eigenvalue weighted by Crippen LogP contribution is 2.51. The van der Waals surface area contributed by atoms with E-state index in [1.165, 1.54) is 0 Å². The van der Waals surface area contributed by atoms with E-state index in [1.807, 2.05) is 0 Å². The van der Waals surface area contributed by atoms with E-state index in [0.717, 1.165) is 0 Å². The second-order valence-corrected chi connectivity index (χ2v) is 10.7. The standard InChI is InChI=1S/C30H13BF18O3/c32-25(33,34)15-3-12(4-16(9-15)26(35,36)37)21-1-2-22(52-31(50)51)24(14-7-19(29(44,45)46)11-20(8-14)30(47,48)49)23(21)13-5-17(27(38,39)40)10-18(6-13)28(41,42)43/h1-11,50-51H. The van der Waals surface area contributed by atoms with Crippen molar-refractivity contribution in [3.8, 4) is 39.1 Å². The SMILES string of the molecule is OB(O)Oc1ccc(-c2cc(C(F)(F)F)cc(C(F)(F)F)c2)c(-c2cc(C(F)(F)F)cc(C(F)(F)F)c2)c1-c1cc(C(F)(F)F)cc(C(F)(F)F)c1. The van der Waals surface area contributed by atoms with Gasteiger partial charge in [-0.2, -0.15) is 79.0 Å². The van der Waals surface area contributed by atoms with Crippen molar-refractivity contribution in [2.45, 2.75) is 37.1 Å². The molecule has 0 aliphatic heterocycles. The van der Waals surface area contributed by atoms with Gasteiger partial charge < -0.3 is 14.7 Å². The molecule has 280 valence electrons. The fraction of sp³-hybridized carbons (Fsp3) is 0.200. The molecule has 4 aromatic rings. The molecule has 0 aromatic heterocycles. The molecule has 0 spiro atoms. The molecule has 0 aliphatic carbocycles. The molecule has 0 bridgehead atoms. The van der Waals surface area contributed by atoms with Gasteiger partial charge in [0.2, 0.25) is 0 Å². The van der Waals surface area contributed by atoms with Crippen LogP contribution in [-0.4, -0.2) is 17.4 Å². The molecule has 4 rings (SSSR count). The molecular formula is C30H13BF18O3. The molecule has 4 aromatic carbocycles. The van der Waals surface area contributed by atoms with Crippen LogP contribution in [0.5, 0.6) is 5.75 Å². The van der Waals surface area contributed by atoms with Crippen LogP contribution in [0.1, 0.15) is 33.4 Å². The van der Waals surface area contributed by atoms with Crippen LogP contribution >= 0.6 is 0 Å². The van der Waals surface area contributed by atoms with E-state index in [0.29, 0.717) is 12.1 Å². The Morgan fingerprint density at radius 3 is 0.904 bits per heavy atom. The minimum Gasteiger partial charge on any atom is -0.511 e. The lowest BCUT2D eigenvalue weighted by Gasteiger charge is -2.24. The quantitative estimate of drug-likeness (QED) is 0.157. The van der Waals surface area contributed by atoms with E-state index in [1.54, 1.807) is 0 Å². The first-order valence-corrected chi connectivity index (χ1v) is 13.5. The molecular weight excluding hydrogens is 761 g/mol. The first-order valence-electron chi connectivity index (χ1n) is 13.5. The van der Waals surface area contributed by atoms with Gasteiger partial charge in [-0.25, -0.2) is 0 Å². The number of hydrogen-bond acceptors (Lipinski definition) is 3. The van der Waals surface area contributed by atoms with Crippen LogP contribution in [0.3, 0.4) is 0 Å². The summed E-state index contributed by atoms with van der Waals surface area (Å²) in [6.07, 6.45) is -34.0. The van der Waals surface area contributed by atoms with Crippen LogP contribution in [0.4, 0.5) is 79.0 Å². The first-order chi connectivity index (χ1) is 23.4. The molecule has 0 heterocycles. The highest BCUT2D eigenvalue weighted by atomic mass is 19.4. The number of hydrogen-bond donors (Lipinski definition) is 2. The van der Waals surface area contributed by atoms with Gasteiger partial charge in [0.15, 0.2) is 0 Å². The van der Waals surface area contributed by atoms with Gasteiger partial charge in [-0.15, -0.1) is 0 Å². The molecule has 0 radical (unpaired) electrons. The summed E-state index contributed by atoms with van der Waals surface area (Å²) in [5.74, 6) is -1.31. The summed E-state index contributed by atoms with van der Waals surface area (Å²) in [6.45, 7) is 0. The van der Waals surface area contributed by atoms with Gasteiger partial charge in [0.25, 0.3) is 0 Å². The van der Waals surface area contributed by atoms with E-state index in [-0.39, 0.29) is 36.4 Å². The third kappa shape index (κ3) is 8.88. The van der Waals surface area contributed by atoms with Gasteiger partial charge in [-0.3, -0.25) is 0 Å². The Morgan fingerprint density at radius 2 is 0.635 bits per heavy atom. The molecule has 0 amide bonds. The van der Waals surface area contributed by atoms with Crippen molar-refractivity contribution >= 4 is 7.32 Å². The fourth-order valence-corrected chi connectivity index (χ4v) is 4.93. The number of rotatable bonds is 5. The minimum atomic E-state index is -5.70. The second kappa shape index (κ2) is 13.1. The Bertz CT molecular complexity index is 1870. The summed E-state index contributed by atoms with van der Waals surface area (Å²) in [4.78, 5) is 0. The van der Waals surface area contributed by atoms with Crippen LogP contribution in [0.25, 0.3) is 33.4 Å². The Kier molecular flexibility index (Phi) is 10.1. The van der Waals surface area contributed by atoms with E-state index in [2.05, 4.69) is 4.65 Å². The van der Waals surface area contributed by atoms with Crippen molar-refractivity contribution < 1.29 is 93.7 Å². The lowest BCUT2D eigenvalue weighted by Crippen LogP contribution is -2.21. The Labute approximate surface area is 277 Å². The summed E-state index contributed by atoms with van der Waals surface area (Å²) < 4.78 is 254. The van der Waals surface area contributed by atoms with Gasteiger partial charge in [-0.1, -0.05) is 6.07 Å². The van der Waals surface area contributed by atoms with Crippen LogP contribution in [-0.2, 0) is 37.1 Å². The maximum atomic E-state index is 13.9. The van der Waals surface area contributed by atoms with E-state index in [4.69, 9.17) is 0 Å². The van der Waals surface area contributed by atoms with Crippen molar-refractivity contribution in [3.63, 3.8) is 0 Å². The summed E-state index contributed by atoms with van der Waals surface area (Å²) in [6, 6.07) is -1.47. The van der Waals surface area contributed by atoms with Crippen molar-refractivity contribution in [1.82, 2.24) is 0 Å². The normalized spacial score (nSPS) is 13.4. The van der Waals surface area contributed by atoms with Crippen LogP contribution in [0.15, 0.2) is 66.7 Å². The maximum Gasteiger partial charge on any atom is 0.707 e. The second-order valence-electron chi connectivity index (χ2n) is 10.7. The van der Waals surface area contributed by atoms with Crippen LogP contribution < -0.4 is 4.65 Å². The Balaban J connectivity index is 2.38. The number of alkyl halides is 18. The predicted octanol–water partition coefficient (Wildman–Crippen LogP) is 11.1. The van der Waals surface area contributed by atoms with Crippen molar-refractivity contribution in [2.75, 3.05) is 0 Å². The van der Waals surface area contributed by atoms with Gasteiger partial charge in [0, 0.05) is 11.1 Å². The van der Waals surface area contributed by atoms with Crippen molar-refractivity contribution in [2.24, 2.45) is 0 Å². The Hall–Kier alpha value is -4.60. The van der Waals surface area contributed by atoms with Gasteiger partial charge in [-0.05, 0) is 82.9 Å². The predicted molar refractivity (Wildman–Crippen MR) is 144 cm³/mol. The smallest absolute Gasteiger partial charge is 0.511 e. The molecule has 2 N–H and O–H groups in total. The molecule has 0 fully saturated rings. The summed E-state index contributed by atoms with van der Waals surface area (Å²) in [5, 5.41) is 18.9. The highest BCUT2D eigenvalue weighted by Gasteiger charge is 2.41. The zero-order valence-electron chi connectivity index (χ0n) is 24.5. The van der Waals surface area contributed by atoms with E-state index < -0.39 is 135 Å². The number of benzene rings is 4. The largest absolute Gasteiger partial charge is 0.707 e. The van der Waals surface area contributed by atoms with Gasteiger partial charge >= 0.3 is 44.4 Å². The summed E-state index contributed by atoms with van der Waals surface area (Å²) >= 11 is 0. The highest BCUT2D eigenvalue weighted by molar-refractivity contribution is 6.34. The van der Waals surface area contributed by atoms with Crippen LogP contribution in [0.2, 0.25) is 0 Å². The molecule has 0 unspecified atom stereocenters. The first kappa shape index (κ1) is 40.2. The number of halogens is 18. The fourth-order valence-electron chi connectivity index (χ4n) is 4.93. The molecule has 52 heavy (non-hydrogen) atoms. The molecule has 0 atom stereocenters. The molecule has 0 saturated carbocycles. The third-order valence-corrected chi connectivity index (χ3v) is 7.05. The molecule has 3 nitrogen and oxygen atoms in total. The average Bonchev–Trinajstić information content (AvgIpc) is 2.97. The summed E-state index contributed by atoms with van der Waals surface area (Å²) in [7, 11) is -3.08. The minimum absolute atomic E-state index is 0.0785. The third-order valence-electron chi connectivity index (χ3n) is 7.05. The topological polar surface area (TPSA) is 49.7 Å². The zero-order valence-corrected chi connectivity index (χ0v) is 24.5. The zero-order chi connectivity index (χ0) is 39.6. The molecule has 22 heteroatoms. The molecule has 0 saturated heterocycles. The lowest BCUT2D eigenvalue weighted by atomic mass is 9.84. The van der Waals surface area contributed by atoms with Crippen LogP contribution in [0, 0.1) is 0 Å². The van der Waals surface area contributed by atoms with Gasteiger partial charge in [0.1, 0.15) is 5.75 Å². The van der Waals surface area contributed by atoms with E-state index >= 15 is 0 Å². The maximum absolute atomic E-state index is 13.9. The molecule has 0 aliphatic rings. The summed E-state index contributed by atoms with van der Waals surface area (Å²) in [5.41, 5.74) is -21.3. The van der Waals surface area contributed by atoms with E-state index in [9.17, 15) is 89.1 Å². The average molecular weight is 774 g/mol. The lowest BCUT2D eigenvalue weighted by molar-refractivity contribution is -0.144. The monoisotopic (exact) mass is 774 g/mol.